The first-order valence-corrected chi connectivity index (χ1v) is 12.7. The smallest absolute Gasteiger partial charge is 0.244 e. The van der Waals surface area contributed by atoms with Gasteiger partial charge < -0.3 is 10.2 Å². The van der Waals surface area contributed by atoms with E-state index in [1.807, 2.05) is 45.0 Å². The van der Waals surface area contributed by atoms with Crippen molar-refractivity contribution < 1.29 is 22.4 Å². The average molecular weight is 478 g/mol. The van der Waals surface area contributed by atoms with Gasteiger partial charge in [0.25, 0.3) is 0 Å². The Morgan fingerprint density at radius 1 is 1.03 bits per heavy atom. The van der Waals surface area contributed by atoms with Crippen LogP contribution < -0.4 is 9.62 Å². The maximum absolute atomic E-state index is 13.4. The molecule has 33 heavy (non-hydrogen) atoms. The van der Waals surface area contributed by atoms with Crippen LogP contribution in [0.3, 0.4) is 0 Å². The second-order valence-corrected chi connectivity index (χ2v) is 10.2. The van der Waals surface area contributed by atoms with E-state index in [2.05, 4.69) is 5.32 Å². The van der Waals surface area contributed by atoms with Gasteiger partial charge in [-0.1, -0.05) is 36.8 Å². The van der Waals surface area contributed by atoms with Crippen LogP contribution in [-0.4, -0.2) is 50.0 Å². The number of rotatable bonds is 10. The Labute approximate surface area is 195 Å². The molecule has 1 N–H and O–H groups in total. The van der Waals surface area contributed by atoms with Gasteiger partial charge in [0.15, 0.2) is 0 Å². The summed E-state index contributed by atoms with van der Waals surface area (Å²) in [5.74, 6) is -1.38. The van der Waals surface area contributed by atoms with E-state index in [0.717, 1.165) is 40.2 Å². The summed E-state index contributed by atoms with van der Waals surface area (Å²) >= 11 is 0. The van der Waals surface area contributed by atoms with Crippen molar-refractivity contribution in [3.63, 3.8) is 0 Å². The number of nitrogens with zero attached hydrogens (tertiary/aromatic N) is 2. The van der Waals surface area contributed by atoms with E-state index >= 15 is 0 Å². The summed E-state index contributed by atoms with van der Waals surface area (Å²) in [6.45, 7) is 6.99. The highest BCUT2D eigenvalue weighted by Crippen LogP contribution is 2.19. The number of aryl methyl sites for hydroxylation is 1. The fraction of sp³-hybridized carbons (Fsp3) is 0.417. The fourth-order valence-electron chi connectivity index (χ4n) is 3.16. The van der Waals surface area contributed by atoms with Gasteiger partial charge in [-0.3, -0.25) is 13.9 Å². The number of sulfonamides is 1. The number of carbonyl (C=O) groups excluding carboxylic acids is 2. The van der Waals surface area contributed by atoms with Crippen molar-refractivity contribution >= 4 is 27.5 Å². The summed E-state index contributed by atoms with van der Waals surface area (Å²) < 4.78 is 39.1. The number of amides is 2. The number of carbonyl (C=O) groups is 2. The molecule has 2 aromatic carbocycles. The third-order valence-corrected chi connectivity index (χ3v) is 6.58. The molecule has 2 amide bonds. The predicted octanol–water partition coefficient (Wildman–Crippen LogP) is 3.23. The molecular weight excluding hydrogens is 445 g/mol. The Balaban J connectivity index is 2.36. The summed E-state index contributed by atoms with van der Waals surface area (Å²) in [5.41, 5.74) is 2.03. The molecule has 0 saturated carbocycles. The summed E-state index contributed by atoms with van der Waals surface area (Å²) in [6, 6.07) is 11.5. The molecule has 0 aliphatic carbocycles. The van der Waals surface area contributed by atoms with E-state index in [9.17, 15) is 22.4 Å². The Morgan fingerprint density at radius 2 is 1.61 bits per heavy atom. The minimum Gasteiger partial charge on any atom is -0.352 e. The SMILES string of the molecule is CC[C@H](C)NC(=O)[C@H](C)N(Cc1ccc(C)cc1)C(=O)CN(c1ccc(F)cc1)S(C)(=O)=O. The minimum atomic E-state index is -3.84. The zero-order valence-electron chi connectivity index (χ0n) is 19.7. The van der Waals surface area contributed by atoms with Gasteiger partial charge in [0.05, 0.1) is 11.9 Å². The number of halogens is 1. The van der Waals surface area contributed by atoms with Crippen LogP contribution in [0, 0.1) is 12.7 Å². The molecule has 9 heteroatoms. The molecule has 0 fully saturated rings. The molecule has 0 saturated heterocycles. The summed E-state index contributed by atoms with van der Waals surface area (Å²) in [5, 5.41) is 2.87. The van der Waals surface area contributed by atoms with E-state index in [0.29, 0.717) is 0 Å². The van der Waals surface area contributed by atoms with Gasteiger partial charge in [0.2, 0.25) is 21.8 Å². The van der Waals surface area contributed by atoms with Crippen LogP contribution in [0.15, 0.2) is 48.5 Å². The Kier molecular flexibility index (Phi) is 8.99. The summed E-state index contributed by atoms with van der Waals surface area (Å²) in [6.07, 6.45) is 1.71. The lowest BCUT2D eigenvalue weighted by molar-refractivity contribution is -0.139. The third kappa shape index (κ3) is 7.56. The Hall–Kier alpha value is -2.94. The quantitative estimate of drug-likeness (QED) is 0.569. The van der Waals surface area contributed by atoms with Crippen molar-refractivity contribution in [2.24, 2.45) is 0 Å². The second-order valence-electron chi connectivity index (χ2n) is 8.25. The summed E-state index contributed by atoms with van der Waals surface area (Å²) in [4.78, 5) is 27.6. The van der Waals surface area contributed by atoms with E-state index < -0.39 is 34.3 Å². The van der Waals surface area contributed by atoms with Crippen molar-refractivity contribution in [2.45, 2.75) is 52.7 Å². The molecule has 2 rings (SSSR count). The molecule has 0 heterocycles. The van der Waals surface area contributed by atoms with Gasteiger partial charge in [-0.05, 0) is 57.0 Å². The van der Waals surface area contributed by atoms with Gasteiger partial charge in [0, 0.05) is 12.6 Å². The van der Waals surface area contributed by atoms with Crippen LogP contribution in [0.1, 0.15) is 38.3 Å². The number of anilines is 1. The Morgan fingerprint density at radius 3 is 2.12 bits per heavy atom. The van der Waals surface area contributed by atoms with Crippen LogP contribution >= 0.6 is 0 Å². The van der Waals surface area contributed by atoms with Crippen LogP contribution in [0.4, 0.5) is 10.1 Å². The topological polar surface area (TPSA) is 86.8 Å². The molecule has 0 radical (unpaired) electrons. The first-order valence-electron chi connectivity index (χ1n) is 10.8. The number of benzene rings is 2. The first-order chi connectivity index (χ1) is 15.4. The van der Waals surface area contributed by atoms with Gasteiger partial charge >= 0.3 is 0 Å². The van der Waals surface area contributed by atoms with Crippen LogP contribution in [0.5, 0.6) is 0 Å². The van der Waals surface area contributed by atoms with Gasteiger partial charge in [0.1, 0.15) is 18.4 Å². The number of hydrogen-bond acceptors (Lipinski definition) is 4. The zero-order valence-corrected chi connectivity index (χ0v) is 20.5. The number of nitrogens with one attached hydrogen (secondary N) is 1. The van der Waals surface area contributed by atoms with E-state index in [1.54, 1.807) is 6.92 Å². The van der Waals surface area contributed by atoms with E-state index in [4.69, 9.17) is 0 Å². The highest BCUT2D eigenvalue weighted by Gasteiger charge is 2.30. The minimum absolute atomic E-state index is 0.0667. The van der Waals surface area contributed by atoms with Gasteiger partial charge in [-0.25, -0.2) is 12.8 Å². The molecule has 0 aliphatic rings. The highest BCUT2D eigenvalue weighted by molar-refractivity contribution is 7.92. The van der Waals surface area contributed by atoms with E-state index in [1.165, 1.54) is 17.0 Å². The molecule has 2 atom stereocenters. The molecule has 7 nitrogen and oxygen atoms in total. The monoisotopic (exact) mass is 477 g/mol. The largest absolute Gasteiger partial charge is 0.352 e. The molecule has 2 aromatic rings. The van der Waals surface area contributed by atoms with Crippen molar-refractivity contribution in [3.8, 4) is 0 Å². The molecule has 0 aromatic heterocycles. The standard InChI is InChI=1S/C24H32FN3O4S/c1-6-18(3)26-24(30)19(4)27(15-20-9-7-17(2)8-10-20)23(29)16-28(33(5,31)32)22-13-11-21(25)12-14-22/h7-14,18-19H,6,15-16H2,1-5H3,(H,26,30)/t18-,19-/m0/s1. The molecule has 0 bridgehead atoms. The number of hydrogen-bond donors (Lipinski definition) is 1. The zero-order chi connectivity index (χ0) is 24.8. The second kappa shape index (κ2) is 11.3. The lowest BCUT2D eigenvalue weighted by Gasteiger charge is -2.32. The average Bonchev–Trinajstić information content (AvgIpc) is 2.76. The first kappa shape index (κ1) is 26.3. The maximum atomic E-state index is 13.4. The van der Waals surface area contributed by atoms with Crippen LogP contribution in [-0.2, 0) is 26.2 Å². The van der Waals surface area contributed by atoms with Crippen LogP contribution in [0.25, 0.3) is 0 Å². The molecule has 0 aliphatic heterocycles. The van der Waals surface area contributed by atoms with Gasteiger partial charge in [-0.15, -0.1) is 0 Å². The van der Waals surface area contributed by atoms with Crippen molar-refractivity contribution in [1.29, 1.82) is 0 Å². The highest BCUT2D eigenvalue weighted by atomic mass is 32.2. The molecule has 0 spiro atoms. The van der Waals surface area contributed by atoms with Crippen molar-refractivity contribution in [2.75, 3.05) is 17.1 Å². The lowest BCUT2D eigenvalue weighted by Crippen LogP contribution is -2.52. The Bertz CT molecular complexity index is 1060. The van der Waals surface area contributed by atoms with Crippen LogP contribution in [0.2, 0.25) is 0 Å². The molecular formula is C24H32FN3O4S. The van der Waals surface area contributed by atoms with Gasteiger partial charge in [-0.2, -0.15) is 0 Å². The van der Waals surface area contributed by atoms with Crippen molar-refractivity contribution in [3.05, 3.63) is 65.5 Å². The van der Waals surface area contributed by atoms with Crippen molar-refractivity contribution in [1.82, 2.24) is 10.2 Å². The normalized spacial score (nSPS) is 13.2. The fourth-order valence-corrected chi connectivity index (χ4v) is 4.01. The molecule has 180 valence electrons. The third-order valence-electron chi connectivity index (χ3n) is 5.44. The predicted molar refractivity (Wildman–Crippen MR) is 128 cm³/mol. The maximum Gasteiger partial charge on any atom is 0.244 e. The molecule has 0 unspecified atom stereocenters. The lowest BCUT2D eigenvalue weighted by atomic mass is 10.1. The van der Waals surface area contributed by atoms with E-state index in [-0.39, 0.29) is 24.2 Å². The summed E-state index contributed by atoms with van der Waals surface area (Å²) in [7, 11) is -3.84.